The molecule has 0 saturated carbocycles. The van der Waals surface area contributed by atoms with Gasteiger partial charge in [-0.15, -0.1) is 11.3 Å². The Morgan fingerprint density at radius 3 is 1.58 bits per heavy atom. The molecule has 57 heavy (non-hydrogen) atoms. The van der Waals surface area contributed by atoms with E-state index in [2.05, 4.69) is 228 Å². The molecule has 268 valence electrons. The van der Waals surface area contributed by atoms with Gasteiger partial charge in [-0.1, -0.05) is 158 Å². The van der Waals surface area contributed by atoms with Crippen molar-refractivity contribution in [1.29, 1.82) is 0 Å². The van der Waals surface area contributed by atoms with Crippen LogP contribution in [0.25, 0.3) is 81.0 Å². The van der Waals surface area contributed by atoms with Gasteiger partial charge in [0.15, 0.2) is 0 Å². The van der Waals surface area contributed by atoms with Crippen molar-refractivity contribution in [2.24, 2.45) is 0 Å². The Bertz CT molecular complexity index is 3200. The molecule has 9 aromatic carbocycles. The maximum Gasteiger partial charge on any atom is 0.0727 e. The number of nitrogens with zero attached hydrogens (tertiary/aromatic N) is 2. The van der Waals surface area contributed by atoms with E-state index in [1.54, 1.807) is 0 Å². The van der Waals surface area contributed by atoms with Crippen molar-refractivity contribution in [2.75, 3.05) is 4.90 Å². The van der Waals surface area contributed by atoms with Crippen LogP contribution in [0.2, 0.25) is 0 Å². The highest BCUT2D eigenvalue weighted by atomic mass is 32.1. The first kappa shape index (κ1) is 33.2. The van der Waals surface area contributed by atoms with Crippen LogP contribution in [0.3, 0.4) is 0 Å². The molecule has 0 saturated heterocycles. The van der Waals surface area contributed by atoms with Crippen LogP contribution in [0, 0.1) is 0 Å². The fourth-order valence-corrected chi connectivity index (χ4v) is 9.72. The van der Waals surface area contributed by atoms with E-state index < -0.39 is 0 Å². The van der Waals surface area contributed by atoms with Crippen molar-refractivity contribution < 1.29 is 0 Å². The van der Waals surface area contributed by atoms with Crippen LogP contribution in [0.1, 0.15) is 0 Å². The van der Waals surface area contributed by atoms with Crippen LogP contribution in [0.5, 0.6) is 0 Å². The zero-order valence-corrected chi connectivity index (χ0v) is 31.9. The van der Waals surface area contributed by atoms with Gasteiger partial charge in [-0.25, -0.2) is 0 Å². The maximum atomic E-state index is 2.44. The lowest BCUT2D eigenvalue weighted by molar-refractivity contribution is 1.19. The molecule has 2 nitrogen and oxygen atoms in total. The second-order valence-electron chi connectivity index (χ2n) is 14.5. The van der Waals surface area contributed by atoms with Gasteiger partial charge in [0.2, 0.25) is 0 Å². The number of benzene rings is 9. The third-order valence-corrected chi connectivity index (χ3v) is 12.4. The standard InChI is InChI=1S/C54H36N2S/c1-4-14-37(15-5-1)38-24-29-43(30-25-38)55(50-35-33-45(40-16-6-2-7-17-40)46-20-10-11-21-47(46)50)44-31-26-39(27-32-44)41-28-34-51-49(36-41)54-53(48-22-12-13-23-52(48)57-54)56(51)42-18-8-3-9-19-42/h1-36H. The maximum absolute atomic E-state index is 2.44. The summed E-state index contributed by atoms with van der Waals surface area (Å²) in [6.45, 7) is 0. The van der Waals surface area contributed by atoms with Gasteiger partial charge in [-0.05, 0) is 99.4 Å². The van der Waals surface area contributed by atoms with Crippen LogP contribution in [0.15, 0.2) is 218 Å². The number of thiophene rings is 1. The molecule has 11 aromatic rings. The minimum absolute atomic E-state index is 1.10. The normalized spacial score (nSPS) is 11.5. The van der Waals surface area contributed by atoms with Gasteiger partial charge in [0.1, 0.15) is 0 Å². The monoisotopic (exact) mass is 744 g/mol. The molecule has 2 aromatic heterocycles. The van der Waals surface area contributed by atoms with Gasteiger partial charge in [0, 0.05) is 37.9 Å². The molecule has 0 fully saturated rings. The Labute approximate surface area is 335 Å². The van der Waals surface area contributed by atoms with Gasteiger partial charge in [-0.3, -0.25) is 0 Å². The Morgan fingerprint density at radius 1 is 0.368 bits per heavy atom. The van der Waals surface area contributed by atoms with Crippen LogP contribution in [-0.4, -0.2) is 4.57 Å². The average Bonchev–Trinajstić information content (AvgIpc) is 3.82. The summed E-state index contributed by atoms with van der Waals surface area (Å²) in [4.78, 5) is 2.40. The summed E-state index contributed by atoms with van der Waals surface area (Å²) in [6, 6.07) is 79.2. The molecule has 0 spiro atoms. The van der Waals surface area contributed by atoms with Crippen molar-refractivity contribution in [2.45, 2.75) is 0 Å². The van der Waals surface area contributed by atoms with Gasteiger partial charge >= 0.3 is 0 Å². The minimum Gasteiger partial charge on any atom is -0.310 e. The summed E-state index contributed by atoms with van der Waals surface area (Å²) in [5, 5.41) is 5.01. The summed E-state index contributed by atoms with van der Waals surface area (Å²) in [5.74, 6) is 0. The first-order valence-corrected chi connectivity index (χ1v) is 20.2. The van der Waals surface area contributed by atoms with Gasteiger partial charge < -0.3 is 9.47 Å². The van der Waals surface area contributed by atoms with Crippen LogP contribution >= 0.6 is 11.3 Å². The molecule has 0 atom stereocenters. The lowest BCUT2D eigenvalue weighted by atomic mass is 9.96. The van der Waals surface area contributed by atoms with E-state index in [0.717, 1.165) is 17.1 Å². The van der Waals surface area contributed by atoms with Crippen LogP contribution in [0.4, 0.5) is 17.1 Å². The van der Waals surface area contributed by atoms with Crippen molar-refractivity contribution in [3.63, 3.8) is 0 Å². The molecule has 0 bridgehead atoms. The van der Waals surface area contributed by atoms with E-state index in [4.69, 9.17) is 0 Å². The van der Waals surface area contributed by atoms with Crippen molar-refractivity contribution in [3.05, 3.63) is 218 Å². The molecule has 0 amide bonds. The number of aromatic nitrogens is 1. The Hall–Kier alpha value is -7.20. The lowest BCUT2D eigenvalue weighted by Gasteiger charge is -2.28. The number of fused-ring (bicyclic) bond motifs is 6. The summed E-state index contributed by atoms with van der Waals surface area (Å²) >= 11 is 1.88. The molecule has 2 heterocycles. The van der Waals surface area contributed by atoms with E-state index in [-0.39, 0.29) is 0 Å². The Balaban J connectivity index is 1.04. The van der Waals surface area contributed by atoms with E-state index in [1.165, 1.54) is 81.0 Å². The fourth-order valence-electron chi connectivity index (χ4n) is 8.51. The summed E-state index contributed by atoms with van der Waals surface area (Å²) in [6.07, 6.45) is 0. The summed E-state index contributed by atoms with van der Waals surface area (Å²) in [7, 11) is 0. The molecule has 3 heteroatoms. The first-order valence-electron chi connectivity index (χ1n) is 19.4. The predicted molar refractivity (Wildman–Crippen MR) is 245 cm³/mol. The first-order chi connectivity index (χ1) is 28.3. The van der Waals surface area contributed by atoms with Crippen molar-refractivity contribution >= 4 is 70.4 Å². The quantitative estimate of drug-likeness (QED) is 0.158. The molecule has 0 N–H and O–H groups in total. The number of hydrogen-bond acceptors (Lipinski definition) is 2. The average molecular weight is 745 g/mol. The second-order valence-corrected chi connectivity index (χ2v) is 15.6. The van der Waals surface area contributed by atoms with E-state index in [9.17, 15) is 0 Å². The smallest absolute Gasteiger partial charge is 0.0727 e. The SMILES string of the molecule is c1ccc(-c2ccc(N(c3ccc(-c4ccc5c(c4)c4sc6ccccc6c4n5-c4ccccc4)cc3)c3ccc(-c4ccccc4)c4ccccc34)cc2)cc1. The molecular weight excluding hydrogens is 709 g/mol. The molecule has 0 aliphatic heterocycles. The Morgan fingerprint density at radius 2 is 0.895 bits per heavy atom. The van der Waals surface area contributed by atoms with Gasteiger partial charge in [-0.2, -0.15) is 0 Å². The van der Waals surface area contributed by atoms with Crippen LogP contribution in [-0.2, 0) is 0 Å². The zero-order chi connectivity index (χ0) is 37.7. The van der Waals surface area contributed by atoms with E-state index >= 15 is 0 Å². The minimum atomic E-state index is 1.10. The molecule has 0 unspecified atom stereocenters. The topological polar surface area (TPSA) is 8.17 Å². The number of rotatable bonds is 7. The highest BCUT2D eigenvalue weighted by molar-refractivity contribution is 7.26. The van der Waals surface area contributed by atoms with Gasteiger partial charge in [0.05, 0.1) is 21.4 Å². The highest BCUT2D eigenvalue weighted by Crippen LogP contribution is 2.45. The van der Waals surface area contributed by atoms with Crippen LogP contribution < -0.4 is 4.90 Å². The molecule has 11 rings (SSSR count). The van der Waals surface area contributed by atoms with Crippen molar-refractivity contribution in [3.8, 4) is 39.1 Å². The van der Waals surface area contributed by atoms with Gasteiger partial charge in [0.25, 0.3) is 0 Å². The number of para-hydroxylation sites is 1. The molecule has 0 radical (unpaired) electrons. The van der Waals surface area contributed by atoms with Crippen molar-refractivity contribution in [1.82, 2.24) is 4.57 Å². The third kappa shape index (κ3) is 5.71. The molecule has 0 aliphatic rings. The highest BCUT2D eigenvalue weighted by Gasteiger charge is 2.20. The fraction of sp³-hybridized carbons (Fsp3) is 0. The molecular formula is C54H36N2S. The summed E-state index contributed by atoms with van der Waals surface area (Å²) < 4.78 is 5.07. The van der Waals surface area contributed by atoms with E-state index in [1.807, 2.05) is 11.3 Å². The second kappa shape index (κ2) is 13.8. The lowest BCUT2D eigenvalue weighted by Crippen LogP contribution is -2.10. The predicted octanol–water partition coefficient (Wildman–Crippen LogP) is 15.6. The third-order valence-electron chi connectivity index (χ3n) is 11.2. The molecule has 0 aliphatic carbocycles. The van der Waals surface area contributed by atoms with E-state index in [0.29, 0.717) is 0 Å². The Kier molecular flexibility index (Phi) is 8.04. The number of anilines is 3. The zero-order valence-electron chi connectivity index (χ0n) is 31.1. The number of hydrogen-bond donors (Lipinski definition) is 0. The largest absolute Gasteiger partial charge is 0.310 e. The summed E-state index contributed by atoms with van der Waals surface area (Å²) in [5.41, 5.74) is 14.3.